The summed E-state index contributed by atoms with van der Waals surface area (Å²) in [5.41, 5.74) is 2.47. The van der Waals surface area contributed by atoms with Crippen molar-refractivity contribution in [3.8, 4) is 0 Å². The van der Waals surface area contributed by atoms with Gasteiger partial charge in [-0.15, -0.1) is 22.7 Å². The van der Waals surface area contributed by atoms with E-state index in [2.05, 4.69) is 10.6 Å². The van der Waals surface area contributed by atoms with E-state index in [0.717, 1.165) is 29.3 Å². The van der Waals surface area contributed by atoms with Crippen LogP contribution in [0.5, 0.6) is 0 Å². The van der Waals surface area contributed by atoms with E-state index in [1.165, 1.54) is 4.88 Å². The topological polar surface area (TPSA) is 48.3 Å². The van der Waals surface area contributed by atoms with E-state index < -0.39 is 5.97 Å². The molecule has 4 nitrogen and oxygen atoms in total. The smallest absolute Gasteiger partial charge is 0.348 e. The van der Waals surface area contributed by atoms with Crippen molar-refractivity contribution in [2.75, 3.05) is 6.61 Å². The second-order valence-electron chi connectivity index (χ2n) is 5.55. The Labute approximate surface area is 158 Å². The molecule has 130 valence electrons. The molecule has 0 saturated carbocycles. The number of ketones is 1. The predicted molar refractivity (Wildman–Crippen MR) is 101 cm³/mol. The predicted octanol–water partition coefficient (Wildman–Crippen LogP) is 4.97. The van der Waals surface area contributed by atoms with Crippen LogP contribution in [0.25, 0.3) is 0 Å². The van der Waals surface area contributed by atoms with Crippen molar-refractivity contribution in [2.24, 2.45) is 0 Å². The van der Waals surface area contributed by atoms with E-state index >= 15 is 0 Å². The zero-order valence-corrected chi connectivity index (χ0v) is 16.1. The number of aryl methyl sites for hydroxylation is 1. The lowest BCUT2D eigenvalue weighted by Crippen LogP contribution is -2.14. The Hall–Kier alpha value is -1.89. The van der Waals surface area contributed by atoms with Gasteiger partial charge in [0.15, 0.2) is 6.61 Å². The van der Waals surface area contributed by atoms with Gasteiger partial charge in [0.05, 0.1) is 10.9 Å². The van der Waals surface area contributed by atoms with E-state index in [1.54, 1.807) is 23.5 Å². The molecule has 3 aromatic heterocycles. The van der Waals surface area contributed by atoms with Crippen LogP contribution in [0, 0.1) is 13.8 Å². The number of Topliss-reactive ketones (excluding diaryl/α,β-unsaturated/α-hetero) is 1. The van der Waals surface area contributed by atoms with Crippen LogP contribution >= 0.6 is 34.3 Å². The number of ether oxygens (including phenoxy) is 1. The Kier molecular flexibility index (Phi) is 5.42. The lowest BCUT2D eigenvalue weighted by Gasteiger charge is -2.08. The molecule has 0 aliphatic rings. The third-order valence-electron chi connectivity index (χ3n) is 3.88. The van der Waals surface area contributed by atoms with E-state index in [9.17, 15) is 9.59 Å². The van der Waals surface area contributed by atoms with Crippen molar-refractivity contribution in [3.05, 3.63) is 66.8 Å². The minimum absolute atomic E-state index is 0.207. The number of hydrogen-bond donors (Lipinski definition) is 0. The van der Waals surface area contributed by atoms with Crippen LogP contribution in [0.3, 0.4) is 0 Å². The van der Waals surface area contributed by atoms with Gasteiger partial charge in [-0.3, -0.25) is 4.79 Å². The molecule has 0 amide bonds. The minimum atomic E-state index is -0.530. The molecule has 0 bridgehead atoms. The number of carbonyl (C=O) groups excluding carboxylic acids is 2. The van der Waals surface area contributed by atoms with Crippen LogP contribution < -0.4 is 0 Å². The molecule has 25 heavy (non-hydrogen) atoms. The third-order valence-corrected chi connectivity index (χ3v) is 5.95. The fourth-order valence-corrected chi connectivity index (χ4v) is 4.22. The Bertz CT molecular complexity index is 909. The maximum atomic E-state index is 12.5. The molecule has 0 radical (unpaired) electrons. The van der Waals surface area contributed by atoms with E-state index in [4.69, 9.17) is 16.3 Å². The van der Waals surface area contributed by atoms with Gasteiger partial charge >= 0.3 is 5.97 Å². The molecule has 0 aliphatic heterocycles. The number of hydrogen-bond acceptors (Lipinski definition) is 5. The van der Waals surface area contributed by atoms with Gasteiger partial charge < -0.3 is 9.30 Å². The first-order chi connectivity index (χ1) is 12.0. The summed E-state index contributed by atoms with van der Waals surface area (Å²) in [7, 11) is 0. The zero-order valence-electron chi connectivity index (χ0n) is 13.7. The second-order valence-corrected chi connectivity index (χ2v) is 8.30. The van der Waals surface area contributed by atoms with Gasteiger partial charge in [-0.25, -0.2) is 4.79 Å². The average Bonchev–Trinajstić information content (AvgIpc) is 3.30. The van der Waals surface area contributed by atoms with Crippen molar-refractivity contribution in [1.82, 2.24) is 4.57 Å². The van der Waals surface area contributed by atoms with Crippen molar-refractivity contribution in [2.45, 2.75) is 20.4 Å². The summed E-state index contributed by atoms with van der Waals surface area (Å²) in [6.45, 7) is 4.33. The summed E-state index contributed by atoms with van der Waals surface area (Å²) in [6, 6.07) is 9.14. The minimum Gasteiger partial charge on any atom is -0.453 e. The lowest BCUT2D eigenvalue weighted by atomic mass is 10.1. The van der Waals surface area contributed by atoms with Crippen LogP contribution in [0.1, 0.15) is 36.3 Å². The zero-order chi connectivity index (χ0) is 18.0. The Balaban J connectivity index is 1.69. The van der Waals surface area contributed by atoms with Gasteiger partial charge in [0, 0.05) is 21.8 Å². The van der Waals surface area contributed by atoms with Crippen molar-refractivity contribution in [1.29, 1.82) is 0 Å². The SMILES string of the molecule is Cc1cc(C(=O)COC(=O)c2ccc(Cl)s2)c(C)n1Cc1cccs1. The molecule has 0 aromatic carbocycles. The van der Waals surface area contributed by atoms with Crippen LogP contribution in [-0.4, -0.2) is 22.9 Å². The molecule has 0 saturated heterocycles. The maximum absolute atomic E-state index is 12.5. The Morgan fingerprint density at radius 1 is 1.24 bits per heavy atom. The number of halogens is 1. The molecular weight excluding hydrogens is 378 g/mol. The summed E-state index contributed by atoms with van der Waals surface area (Å²) >= 11 is 8.62. The molecule has 0 aliphatic carbocycles. The standard InChI is InChI=1S/C18H16ClNO3S2/c1-11-8-14(12(2)20(11)9-13-4-3-7-24-13)15(21)10-23-18(22)16-5-6-17(19)25-16/h3-8H,9-10H2,1-2H3. The van der Waals surface area contributed by atoms with Crippen LogP contribution in [0.15, 0.2) is 35.7 Å². The molecular formula is C18H16ClNO3S2. The summed E-state index contributed by atoms with van der Waals surface area (Å²) in [5.74, 6) is -0.737. The average molecular weight is 394 g/mol. The fraction of sp³-hybridized carbons (Fsp3) is 0.222. The number of aromatic nitrogens is 1. The summed E-state index contributed by atoms with van der Waals surface area (Å²) in [6.07, 6.45) is 0. The van der Waals surface area contributed by atoms with Crippen molar-refractivity contribution >= 4 is 46.0 Å². The molecule has 3 rings (SSSR count). The Morgan fingerprint density at radius 3 is 2.68 bits per heavy atom. The molecule has 0 fully saturated rings. The highest BCUT2D eigenvalue weighted by Crippen LogP contribution is 2.23. The van der Waals surface area contributed by atoms with Gasteiger partial charge in [-0.1, -0.05) is 17.7 Å². The summed E-state index contributed by atoms with van der Waals surface area (Å²) in [5, 5.41) is 2.03. The molecule has 0 atom stereocenters. The summed E-state index contributed by atoms with van der Waals surface area (Å²) in [4.78, 5) is 26.0. The normalized spacial score (nSPS) is 10.8. The number of rotatable bonds is 6. The van der Waals surface area contributed by atoms with Gasteiger partial charge in [-0.2, -0.15) is 0 Å². The highest BCUT2D eigenvalue weighted by Gasteiger charge is 2.18. The molecule has 0 N–H and O–H groups in total. The van der Waals surface area contributed by atoms with Crippen molar-refractivity contribution in [3.63, 3.8) is 0 Å². The number of nitrogens with zero attached hydrogens (tertiary/aromatic N) is 1. The molecule has 0 spiro atoms. The van der Waals surface area contributed by atoms with Gasteiger partial charge in [0.1, 0.15) is 4.88 Å². The Morgan fingerprint density at radius 2 is 2.04 bits per heavy atom. The molecule has 7 heteroatoms. The van der Waals surface area contributed by atoms with E-state index in [1.807, 2.05) is 31.4 Å². The quantitative estimate of drug-likeness (QED) is 0.438. The molecule has 3 aromatic rings. The maximum Gasteiger partial charge on any atom is 0.348 e. The number of carbonyl (C=O) groups is 2. The van der Waals surface area contributed by atoms with Gasteiger partial charge in [0.2, 0.25) is 5.78 Å². The van der Waals surface area contributed by atoms with Crippen molar-refractivity contribution < 1.29 is 14.3 Å². The monoisotopic (exact) mass is 393 g/mol. The van der Waals surface area contributed by atoms with Crippen LogP contribution in [0.4, 0.5) is 0 Å². The second kappa shape index (κ2) is 7.56. The highest BCUT2D eigenvalue weighted by atomic mass is 35.5. The first-order valence-electron chi connectivity index (χ1n) is 7.60. The highest BCUT2D eigenvalue weighted by molar-refractivity contribution is 7.17. The third kappa shape index (κ3) is 4.03. The fourth-order valence-electron chi connectivity index (χ4n) is 2.59. The largest absolute Gasteiger partial charge is 0.453 e. The van der Waals surface area contributed by atoms with Crippen LogP contribution in [-0.2, 0) is 11.3 Å². The first kappa shape index (κ1) is 17.9. The van der Waals surface area contributed by atoms with E-state index in [0.29, 0.717) is 14.8 Å². The summed E-state index contributed by atoms with van der Waals surface area (Å²) < 4.78 is 7.73. The van der Waals surface area contributed by atoms with Crippen LogP contribution in [0.2, 0.25) is 4.34 Å². The van der Waals surface area contributed by atoms with E-state index in [-0.39, 0.29) is 12.4 Å². The number of thiophene rings is 2. The van der Waals surface area contributed by atoms with Gasteiger partial charge in [-0.05, 0) is 43.5 Å². The first-order valence-corrected chi connectivity index (χ1v) is 9.68. The molecule has 0 unspecified atom stereocenters. The molecule has 3 heterocycles. The number of esters is 1. The van der Waals surface area contributed by atoms with Gasteiger partial charge in [0.25, 0.3) is 0 Å². The lowest BCUT2D eigenvalue weighted by molar-refractivity contribution is 0.0479.